The van der Waals surface area contributed by atoms with Crippen LogP contribution in [-0.2, 0) is 11.2 Å². The summed E-state index contributed by atoms with van der Waals surface area (Å²) in [6.45, 7) is 2.13. The lowest BCUT2D eigenvalue weighted by Gasteiger charge is -1.97. The van der Waals surface area contributed by atoms with Gasteiger partial charge in [0.25, 0.3) is 0 Å². The van der Waals surface area contributed by atoms with Crippen molar-refractivity contribution in [3.05, 3.63) is 34.7 Å². The first-order valence-corrected chi connectivity index (χ1v) is 5.67. The van der Waals surface area contributed by atoms with E-state index >= 15 is 0 Å². The Morgan fingerprint density at radius 1 is 1.40 bits per heavy atom. The number of fused-ring (bicyclic) bond motifs is 1. The summed E-state index contributed by atoms with van der Waals surface area (Å²) < 4.78 is 5.83. The van der Waals surface area contributed by atoms with Gasteiger partial charge in [-0.1, -0.05) is 13.0 Å². The van der Waals surface area contributed by atoms with E-state index in [4.69, 9.17) is 0 Å². The van der Waals surface area contributed by atoms with E-state index < -0.39 is 0 Å². The van der Waals surface area contributed by atoms with Gasteiger partial charge in [-0.05, 0) is 30.0 Å². The molecular weight excluding hydrogens is 208 g/mol. The first-order chi connectivity index (χ1) is 7.24. The van der Waals surface area contributed by atoms with E-state index in [1.54, 1.807) is 17.4 Å². The quantitative estimate of drug-likeness (QED) is 0.726. The maximum atomic E-state index is 11.3. The molecule has 0 saturated heterocycles. The van der Waals surface area contributed by atoms with Crippen molar-refractivity contribution in [3.63, 3.8) is 0 Å². The monoisotopic (exact) mass is 220 g/mol. The van der Waals surface area contributed by atoms with E-state index in [-0.39, 0.29) is 5.97 Å². The molecule has 1 heterocycles. The molecular formula is C12H12O2S. The van der Waals surface area contributed by atoms with E-state index in [2.05, 4.69) is 17.7 Å². The van der Waals surface area contributed by atoms with Gasteiger partial charge in [0.1, 0.15) is 0 Å². The van der Waals surface area contributed by atoms with E-state index in [0.717, 1.165) is 11.1 Å². The van der Waals surface area contributed by atoms with Gasteiger partial charge in [0.2, 0.25) is 0 Å². The molecule has 0 bridgehead atoms. The maximum Gasteiger partial charge on any atom is 0.337 e. The highest BCUT2D eigenvalue weighted by molar-refractivity contribution is 7.19. The second-order valence-electron chi connectivity index (χ2n) is 3.31. The molecule has 15 heavy (non-hydrogen) atoms. The summed E-state index contributed by atoms with van der Waals surface area (Å²) in [6, 6.07) is 7.84. The van der Waals surface area contributed by atoms with Crippen molar-refractivity contribution < 1.29 is 9.53 Å². The zero-order chi connectivity index (χ0) is 10.8. The Bertz CT molecular complexity index is 499. The van der Waals surface area contributed by atoms with Crippen molar-refractivity contribution in [2.45, 2.75) is 13.3 Å². The largest absolute Gasteiger partial charge is 0.465 e. The second kappa shape index (κ2) is 4.03. The van der Waals surface area contributed by atoms with Crippen molar-refractivity contribution in [1.82, 2.24) is 0 Å². The summed E-state index contributed by atoms with van der Waals surface area (Å²) in [5, 5.41) is 1.20. The molecule has 2 nitrogen and oxygen atoms in total. The maximum absolute atomic E-state index is 11.3. The Morgan fingerprint density at radius 2 is 2.20 bits per heavy atom. The number of carbonyl (C=O) groups excluding carboxylic acids is 1. The molecule has 0 aliphatic rings. The summed E-state index contributed by atoms with van der Waals surface area (Å²) >= 11 is 1.73. The predicted molar refractivity (Wildman–Crippen MR) is 62.5 cm³/mol. The van der Waals surface area contributed by atoms with Crippen LogP contribution in [0.15, 0.2) is 24.3 Å². The zero-order valence-electron chi connectivity index (χ0n) is 8.74. The summed E-state index contributed by atoms with van der Waals surface area (Å²) in [5.41, 5.74) is 0.620. The van der Waals surface area contributed by atoms with Crippen LogP contribution in [0.1, 0.15) is 22.2 Å². The molecule has 0 spiro atoms. The van der Waals surface area contributed by atoms with Crippen molar-refractivity contribution in [1.29, 1.82) is 0 Å². The molecule has 1 aromatic carbocycles. The SMILES string of the molecule is CCc1cc2ccc(C(=O)OC)cc2s1. The van der Waals surface area contributed by atoms with Gasteiger partial charge in [-0.3, -0.25) is 0 Å². The molecule has 0 amide bonds. The first-order valence-electron chi connectivity index (χ1n) is 4.85. The lowest BCUT2D eigenvalue weighted by Crippen LogP contribution is -1.99. The number of rotatable bonds is 2. The van der Waals surface area contributed by atoms with Crippen LogP contribution in [0.4, 0.5) is 0 Å². The molecule has 0 N–H and O–H groups in total. The molecule has 78 valence electrons. The normalized spacial score (nSPS) is 10.5. The van der Waals surface area contributed by atoms with Gasteiger partial charge in [-0.25, -0.2) is 4.79 Å². The van der Waals surface area contributed by atoms with E-state index in [1.807, 2.05) is 12.1 Å². The van der Waals surface area contributed by atoms with Gasteiger partial charge in [0.05, 0.1) is 12.7 Å². The minimum Gasteiger partial charge on any atom is -0.465 e. The molecule has 0 aliphatic carbocycles. The molecule has 0 radical (unpaired) electrons. The fourth-order valence-corrected chi connectivity index (χ4v) is 2.55. The second-order valence-corrected chi connectivity index (χ2v) is 4.48. The van der Waals surface area contributed by atoms with Crippen LogP contribution in [0.3, 0.4) is 0 Å². The number of esters is 1. The Kier molecular flexibility index (Phi) is 2.73. The van der Waals surface area contributed by atoms with Crippen LogP contribution >= 0.6 is 11.3 Å². The van der Waals surface area contributed by atoms with Crippen LogP contribution in [0.5, 0.6) is 0 Å². The number of methoxy groups -OCH3 is 1. The van der Waals surface area contributed by atoms with Gasteiger partial charge in [0.15, 0.2) is 0 Å². The molecule has 2 aromatic rings. The highest BCUT2D eigenvalue weighted by atomic mass is 32.1. The van der Waals surface area contributed by atoms with Crippen molar-refractivity contribution in [2.75, 3.05) is 7.11 Å². The van der Waals surface area contributed by atoms with Gasteiger partial charge in [-0.2, -0.15) is 0 Å². The average Bonchev–Trinajstić information content (AvgIpc) is 2.69. The first kappa shape index (κ1) is 10.2. The number of ether oxygens (including phenoxy) is 1. The summed E-state index contributed by atoms with van der Waals surface area (Å²) in [5.74, 6) is -0.275. The Labute approximate surface area is 92.5 Å². The molecule has 0 fully saturated rings. The third kappa shape index (κ3) is 1.88. The number of hydrogen-bond acceptors (Lipinski definition) is 3. The summed E-state index contributed by atoms with van der Waals surface area (Å²) in [4.78, 5) is 12.7. The zero-order valence-corrected chi connectivity index (χ0v) is 9.56. The van der Waals surface area contributed by atoms with E-state index in [9.17, 15) is 4.79 Å². The van der Waals surface area contributed by atoms with Crippen molar-refractivity contribution >= 4 is 27.4 Å². The predicted octanol–water partition coefficient (Wildman–Crippen LogP) is 3.25. The van der Waals surface area contributed by atoms with Crippen molar-refractivity contribution in [2.24, 2.45) is 0 Å². The lowest BCUT2D eigenvalue weighted by molar-refractivity contribution is 0.0601. The summed E-state index contributed by atoms with van der Waals surface area (Å²) in [6.07, 6.45) is 1.03. The van der Waals surface area contributed by atoms with E-state index in [0.29, 0.717) is 5.56 Å². The van der Waals surface area contributed by atoms with Crippen molar-refractivity contribution in [3.8, 4) is 0 Å². The van der Waals surface area contributed by atoms with Gasteiger partial charge < -0.3 is 4.74 Å². The number of benzene rings is 1. The van der Waals surface area contributed by atoms with Crippen LogP contribution in [-0.4, -0.2) is 13.1 Å². The number of hydrogen-bond donors (Lipinski definition) is 0. The lowest BCUT2D eigenvalue weighted by atomic mass is 10.2. The minimum atomic E-state index is -0.275. The Morgan fingerprint density at radius 3 is 2.87 bits per heavy atom. The van der Waals surface area contributed by atoms with Crippen LogP contribution in [0.2, 0.25) is 0 Å². The number of thiophene rings is 1. The summed E-state index contributed by atoms with van der Waals surface area (Å²) in [7, 11) is 1.40. The standard InChI is InChI=1S/C12H12O2S/c1-3-10-6-8-4-5-9(12(13)14-2)7-11(8)15-10/h4-7H,3H2,1-2H3. The minimum absolute atomic E-state index is 0.275. The average molecular weight is 220 g/mol. The van der Waals surface area contributed by atoms with Gasteiger partial charge in [-0.15, -0.1) is 11.3 Å². The molecule has 3 heteroatoms. The van der Waals surface area contributed by atoms with Crippen LogP contribution < -0.4 is 0 Å². The highest BCUT2D eigenvalue weighted by Gasteiger charge is 2.07. The smallest absolute Gasteiger partial charge is 0.337 e. The molecule has 1 aromatic heterocycles. The molecule has 2 rings (SSSR count). The number of aryl methyl sites for hydroxylation is 1. The Balaban J connectivity index is 2.50. The molecule has 0 aliphatic heterocycles. The topological polar surface area (TPSA) is 26.3 Å². The molecule has 0 unspecified atom stereocenters. The number of carbonyl (C=O) groups is 1. The third-order valence-electron chi connectivity index (χ3n) is 2.34. The van der Waals surface area contributed by atoms with Gasteiger partial charge in [0, 0.05) is 9.58 Å². The van der Waals surface area contributed by atoms with Crippen LogP contribution in [0, 0.1) is 0 Å². The fraction of sp³-hybridized carbons (Fsp3) is 0.250. The highest BCUT2D eigenvalue weighted by Crippen LogP contribution is 2.27. The van der Waals surface area contributed by atoms with E-state index in [1.165, 1.54) is 17.4 Å². The molecule has 0 atom stereocenters. The molecule has 0 saturated carbocycles. The fourth-order valence-electron chi connectivity index (χ4n) is 1.51. The third-order valence-corrected chi connectivity index (χ3v) is 3.58. The van der Waals surface area contributed by atoms with Gasteiger partial charge >= 0.3 is 5.97 Å². The Hall–Kier alpha value is -1.35. The van der Waals surface area contributed by atoms with Crippen LogP contribution in [0.25, 0.3) is 10.1 Å².